The van der Waals surface area contributed by atoms with Crippen molar-refractivity contribution >= 4 is 40.0 Å². The molecule has 0 amide bonds. The first-order chi connectivity index (χ1) is 14.9. The maximum atomic E-state index is 11.7. The van der Waals surface area contributed by atoms with E-state index in [1.807, 2.05) is 37.3 Å². The van der Waals surface area contributed by atoms with Crippen molar-refractivity contribution in [3.05, 3.63) is 79.7 Å². The molecule has 0 bridgehead atoms. The Morgan fingerprint density at radius 3 is 2.77 bits per heavy atom. The number of likely N-dealkylation sites (N-methyl/N-ethyl adjacent to an activating group) is 1. The number of nitro groups is 1. The van der Waals surface area contributed by atoms with E-state index in [2.05, 4.69) is 23.0 Å². The zero-order valence-corrected chi connectivity index (χ0v) is 18.8. The van der Waals surface area contributed by atoms with Crippen molar-refractivity contribution in [2.75, 3.05) is 13.6 Å². The number of nitro benzene ring substituents is 1. The molecule has 2 aromatic carbocycles. The summed E-state index contributed by atoms with van der Waals surface area (Å²) < 4.78 is 0. The van der Waals surface area contributed by atoms with Gasteiger partial charge in [0.2, 0.25) is 0 Å². The molecule has 2 heterocycles. The highest BCUT2D eigenvalue weighted by molar-refractivity contribution is 7.99. The second-order valence-electron chi connectivity index (χ2n) is 7.44. The third-order valence-corrected chi connectivity index (χ3v) is 7.30. The van der Waals surface area contributed by atoms with E-state index in [1.165, 1.54) is 34.0 Å². The molecule has 0 atom stereocenters. The maximum Gasteiger partial charge on any atom is 0.283 e. The molecule has 0 saturated carbocycles. The monoisotopic (exact) mass is 448 g/mol. The number of rotatable bonds is 5. The molecule has 4 rings (SSSR count). The molecular formula is C23H20N4O2S2. The molecule has 156 valence electrons. The van der Waals surface area contributed by atoms with Gasteiger partial charge in [0.25, 0.3) is 5.69 Å². The van der Waals surface area contributed by atoms with Gasteiger partial charge in [-0.2, -0.15) is 5.26 Å². The van der Waals surface area contributed by atoms with E-state index >= 15 is 0 Å². The van der Waals surface area contributed by atoms with Crippen LogP contribution in [0, 0.1) is 28.4 Å². The van der Waals surface area contributed by atoms with E-state index in [9.17, 15) is 15.4 Å². The molecule has 0 saturated heterocycles. The Morgan fingerprint density at radius 1 is 1.29 bits per heavy atom. The van der Waals surface area contributed by atoms with Crippen LogP contribution in [-0.2, 0) is 13.0 Å². The van der Waals surface area contributed by atoms with Crippen molar-refractivity contribution < 1.29 is 4.92 Å². The van der Waals surface area contributed by atoms with E-state index in [-0.39, 0.29) is 10.6 Å². The number of hydrogen-bond acceptors (Lipinski definition) is 7. The minimum atomic E-state index is -0.367. The zero-order chi connectivity index (χ0) is 22.0. The average molecular weight is 449 g/mol. The predicted octanol–water partition coefficient (Wildman–Crippen LogP) is 5.73. The highest BCUT2D eigenvalue weighted by Gasteiger charge is 2.22. The Hall–Kier alpha value is -2.99. The lowest BCUT2D eigenvalue weighted by Gasteiger charge is -2.21. The Kier molecular flexibility index (Phi) is 6.18. The third-order valence-electron chi connectivity index (χ3n) is 5.10. The van der Waals surface area contributed by atoms with Gasteiger partial charge in [-0.15, -0.1) is 11.3 Å². The summed E-state index contributed by atoms with van der Waals surface area (Å²) in [6.45, 7) is 3.75. The van der Waals surface area contributed by atoms with Gasteiger partial charge in [-0.1, -0.05) is 35.5 Å². The molecule has 6 nitrogen and oxygen atoms in total. The fourth-order valence-electron chi connectivity index (χ4n) is 3.43. The van der Waals surface area contributed by atoms with Crippen molar-refractivity contribution in [3.63, 3.8) is 0 Å². The molecule has 0 aliphatic carbocycles. The van der Waals surface area contributed by atoms with Crippen LogP contribution in [-0.4, -0.2) is 29.6 Å². The van der Waals surface area contributed by atoms with Gasteiger partial charge in [0.1, 0.15) is 11.1 Å². The predicted molar refractivity (Wildman–Crippen MR) is 125 cm³/mol. The number of benzene rings is 2. The molecular weight excluding hydrogens is 428 g/mol. The van der Waals surface area contributed by atoms with E-state index in [4.69, 9.17) is 0 Å². The van der Waals surface area contributed by atoms with E-state index in [1.54, 1.807) is 12.3 Å². The van der Waals surface area contributed by atoms with Gasteiger partial charge < -0.3 is 4.90 Å². The first-order valence-corrected chi connectivity index (χ1v) is 11.4. The summed E-state index contributed by atoms with van der Waals surface area (Å²) in [7, 11) is 2.06. The number of nitriles is 1. The van der Waals surface area contributed by atoms with Gasteiger partial charge in [-0.25, -0.2) is 4.99 Å². The molecule has 3 aromatic rings. The molecule has 8 heteroatoms. The lowest BCUT2D eigenvalue weighted by atomic mass is 10.0. The van der Waals surface area contributed by atoms with Crippen LogP contribution in [0.3, 0.4) is 0 Å². The average Bonchev–Trinajstić information content (AvgIpc) is 3.10. The molecule has 31 heavy (non-hydrogen) atoms. The zero-order valence-electron chi connectivity index (χ0n) is 17.2. The highest BCUT2D eigenvalue weighted by Crippen LogP contribution is 2.39. The summed E-state index contributed by atoms with van der Waals surface area (Å²) in [5, 5.41) is 21.9. The van der Waals surface area contributed by atoms with Crippen LogP contribution in [0.25, 0.3) is 0 Å². The van der Waals surface area contributed by atoms with Crippen LogP contribution in [0.4, 0.5) is 10.7 Å². The van der Waals surface area contributed by atoms with Crippen LogP contribution < -0.4 is 0 Å². The van der Waals surface area contributed by atoms with E-state index < -0.39 is 0 Å². The molecule has 0 fully saturated rings. The number of nitrogens with zero attached hydrogens (tertiary/aromatic N) is 4. The van der Waals surface area contributed by atoms with Gasteiger partial charge in [-0.05, 0) is 49.7 Å². The molecule has 0 radical (unpaired) electrons. The van der Waals surface area contributed by atoms with Crippen molar-refractivity contribution in [1.29, 1.82) is 5.26 Å². The molecule has 1 aromatic heterocycles. The summed E-state index contributed by atoms with van der Waals surface area (Å²) in [5.41, 5.74) is 3.54. The van der Waals surface area contributed by atoms with Gasteiger partial charge in [0.05, 0.1) is 15.4 Å². The summed E-state index contributed by atoms with van der Waals surface area (Å²) in [6, 6.07) is 15.3. The first-order valence-electron chi connectivity index (χ1n) is 9.75. The number of aryl methyl sites for hydroxylation is 1. The lowest BCUT2D eigenvalue weighted by molar-refractivity contribution is -0.387. The smallest absolute Gasteiger partial charge is 0.283 e. The van der Waals surface area contributed by atoms with Gasteiger partial charge in [0, 0.05) is 35.1 Å². The largest absolute Gasteiger partial charge is 0.301 e. The topological polar surface area (TPSA) is 82.5 Å². The van der Waals surface area contributed by atoms with Crippen LogP contribution >= 0.6 is 23.1 Å². The van der Waals surface area contributed by atoms with Crippen LogP contribution in [0.5, 0.6) is 0 Å². The van der Waals surface area contributed by atoms with E-state index in [0.29, 0.717) is 21.0 Å². The number of thiophene rings is 1. The molecule has 0 unspecified atom stereocenters. The third kappa shape index (κ3) is 4.69. The van der Waals surface area contributed by atoms with Crippen LogP contribution in [0.1, 0.15) is 27.1 Å². The Labute approximate surface area is 189 Å². The van der Waals surface area contributed by atoms with E-state index in [0.717, 1.165) is 35.5 Å². The normalized spacial score (nSPS) is 13.8. The molecule has 0 spiro atoms. The van der Waals surface area contributed by atoms with Crippen molar-refractivity contribution in [3.8, 4) is 6.07 Å². The fraction of sp³-hybridized carbons (Fsp3) is 0.217. The number of aliphatic imine (C=N–C) groups is 1. The van der Waals surface area contributed by atoms with Gasteiger partial charge in [0.15, 0.2) is 0 Å². The second kappa shape index (κ2) is 9.02. The Bertz CT molecular complexity index is 1210. The summed E-state index contributed by atoms with van der Waals surface area (Å²) >= 11 is 2.89. The summed E-state index contributed by atoms with van der Waals surface area (Å²) in [6.07, 6.45) is 2.45. The summed E-state index contributed by atoms with van der Waals surface area (Å²) in [5.74, 6) is 0. The number of fused-ring (bicyclic) bond motifs is 1. The second-order valence-corrected chi connectivity index (χ2v) is 9.64. The SMILES string of the molecule is Cc1ccc(Sc2ccc(/C=N/c3sc4c(c3C#N)CCN(C)C4)cc2[N+](=O)[O-])cc1. The van der Waals surface area contributed by atoms with Crippen LogP contribution in [0.2, 0.25) is 0 Å². The van der Waals surface area contributed by atoms with Crippen LogP contribution in [0.15, 0.2) is 57.2 Å². The molecule has 1 aliphatic heterocycles. The van der Waals surface area contributed by atoms with Gasteiger partial charge >= 0.3 is 0 Å². The fourth-order valence-corrected chi connectivity index (χ4v) is 5.56. The Balaban J connectivity index is 1.61. The van der Waals surface area contributed by atoms with Gasteiger partial charge in [-0.3, -0.25) is 10.1 Å². The van der Waals surface area contributed by atoms with Crippen molar-refractivity contribution in [1.82, 2.24) is 4.90 Å². The first kappa shape index (κ1) is 21.2. The minimum absolute atomic E-state index is 0.0436. The molecule has 0 N–H and O–H groups in total. The standard InChI is InChI=1S/C23H20N4O2S2/c1-15-3-6-17(7-4-15)30-21-8-5-16(11-20(21)27(28)29)13-25-23-19(12-24)18-9-10-26(2)14-22(18)31-23/h3-8,11,13H,9-10,14H2,1-2H3/b25-13+. The molecule has 1 aliphatic rings. The van der Waals surface area contributed by atoms with Crippen molar-refractivity contribution in [2.24, 2.45) is 4.99 Å². The lowest BCUT2D eigenvalue weighted by Crippen LogP contribution is -2.25. The number of hydrogen-bond donors (Lipinski definition) is 0. The highest BCUT2D eigenvalue weighted by atomic mass is 32.2. The quantitative estimate of drug-likeness (QED) is 0.283. The summed E-state index contributed by atoms with van der Waals surface area (Å²) in [4.78, 5) is 20.7. The maximum absolute atomic E-state index is 11.7. The minimum Gasteiger partial charge on any atom is -0.301 e. The van der Waals surface area contributed by atoms with Crippen molar-refractivity contribution in [2.45, 2.75) is 29.7 Å². The Morgan fingerprint density at radius 2 is 2.06 bits per heavy atom.